The van der Waals surface area contributed by atoms with Crippen LogP contribution in [0.2, 0.25) is 0 Å². The van der Waals surface area contributed by atoms with E-state index in [1.165, 1.54) is 24.8 Å². The van der Waals surface area contributed by atoms with Crippen molar-refractivity contribution in [2.24, 2.45) is 0 Å². The summed E-state index contributed by atoms with van der Waals surface area (Å²) in [6.07, 6.45) is 0. The molecule has 0 aliphatic rings. The van der Waals surface area contributed by atoms with E-state index in [0.29, 0.717) is 16.3 Å². The van der Waals surface area contributed by atoms with E-state index in [1.807, 2.05) is 0 Å². The van der Waals surface area contributed by atoms with E-state index in [9.17, 15) is 22.8 Å². The molecule has 0 atom stereocenters. The lowest BCUT2D eigenvalue weighted by Crippen LogP contribution is -2.31. The maximum atomic E-state index is 12.7. The van der Waals surface area contributed by atoms with Gasteiger partial charge in [0.1, 0.15) is 0 Å². The smallest absolute Gasteiger partial charge is 0.359 e. The Kier molecular flexibility index (Phi) is 7.48. The molecule has 180 valence electrons. The van der Waals surface area contributed by atoms with Crippen molar-refractivity contribution in [1.29, 1.82) is 0 Å². The van der Waals surface area contributed by atoms with E-state index in [2.05, 4.69) is 10.4 Å². The number of amides is 1. The minimum Gasteiger partial charge on any atom is -0.451 e. The predicted molar refractivity (Wildman–Crippen MR) is 126 cm³/mol. The summed E-state index contributed by atoms with van der Waals surface area (Å²) in [6.45, 7) is 2.86. The Morgan fingerprint density at radius 1 is 1.06 bits per heavy atom. The number of hydrogen-bond donors (Lipinski definition) is 1. The van der Waals surface area contributed by atoms with Gasteiger partial charge in [-0.3, -0.25) is 9.59 Å². The topological polar surface area (TPSA) is 128 Å². The number of rotatable bonds is 8. The molecule has 3 aromatic rings. The van der Waals surface area contributed by atoms with Crippen molar-refractivity contribution in [3.05, 3.63) is 70.1 Å². The van der Waals surface area contributed by atoms with Gasteiger partial charge in [0, 0.05) is 26.0 Å². The first-order valence-corrected chi connectivity index (χ1v) is 11.9. The normalized spacial score (nSPS) is 11.7. The van der Waals surface area contributed by atoms with Crippen LogP contribution in [0.3, 0.4) is 0 Å². The number of hydrogen-bond acceptors (Lipinski definition) is 7. The van der Waals surface area contributed by atoms with Crippen molar-refractivity contribution in [2.75, 3.05) is 20.7 Å². The molecule has 0 bridgehead atoms. The highest BCUT2D eigenvalue weighted by Gasteiger charge is 2.22. The van der Waals surface area contributed by atoms with Crippen LogP contribution in [0, 0.1) is 0 Å². The highest BCUT2D eigenvalue weighted by atomic mass is 32.2. The molecule has 1 amide bonds. The molecule has 0 radical (unpaired) electrons. The average Bonchev–Trinajstić information content (AvgIpc) is 2.81. The van der Waals surface area contributed by atoms with Crippen molar-refractivity contribution in [3.8, 4) is 0 Å². The Bertz CT molecular complexity index is 1400. The van der Waals surface area contributed by atoms with Gasteiger partial charge < -0.3 is 10.1 Å². The number of esters is 1. The summed E-state index contributed by atoms with van der Waals surface area (Å²) in [7, 11) is -0.850. The fourth-order valence-electron chi connectivity index (χ4n) is 3.25. The molecule has 0 unspecified atom stereocenters. The lowest BCUT2D eigenvalue weighted by Gasteiger charge is -2.15. The molecule has 0 fully saturated rings. The number of ether oxygens (including phenoxy) is 1. The maximum Gasteiger partial charge on any atom is 0.359 e. The Morgan fingerprint density at radius 3 is 2.32 bits per heavy atom. The lowest BCUT2D eigenvalue weighted by molar-refractivity contribution is -0.124. The van der Waals surface area contributed by atoms with Crippen LogP contribution >= 0.6 is 0 Å². The second-order valence-corrected chi connectivity index (χ2v) is 10.1. The highest BCUT2D eigenvalue weighted by Crippen LogP contribution is 2.18. The third kappa shape index (κ3) is 5.15. The van der Waals surface area contributed by atoms with Gasteiger partial charge in [-0.05, 0) is 31.5 Å². The van der Waals surface area contributed by atoms with E-state index >= 15 is 0 Å². The fraction of sp³-hybridized carbons (Fsp3) is 0.304. The van der Waals surface area contributed by atoms with Gasteiger partial charge in [0.15, 0.2) is 12.3 Å². The first-order valence-electron chi connectivity index (χ1n) is 10.5. The third-order valence-corrected chi connectivity index (χ3v) is 6.97. The van der Waals surface area contributed by atoms with E-state index in [4.69, 9.17) is 4.74 Å². The average molecular weight is 487 g/mol. The zero-order valence-electron chi connectivity index (χ0n) is 19.3. The number of benzene rings is 2. The van der Waals surface area contributed by atoms with Gasteiger partial charge in [0.05, 0.1) is 16.3 Å². The molecule has 1 heterocycles. The van der Waals surface area contributed by atoms with Gasteiger partial charge in [0.2, 0.25) is 10.0 Å². The number of sulfonamides is 1. The molecule has 10 nitrogen and oxygen atoms in total. The monoisotopic (exact) mass is 486 g/mol. The predicted octanol–water partition coefficient (Wildman–Crippen LogP) is 1.70. The molecule has 0 aliphatic heterocycles. The number of nitrogens with one attached hydrogen (secondary N) is 1. The van der Waals surface area contributed by atoms with E-state index < -0.39 is 28.5 Å². The summed E-state index contributed by atoms with van der Waals surface area (Å²) in [5, 5.41) is 7.36. The largest absolute Gasteiger partial charge is 0.451 e. The lowest BCUT2D eigenvalue weighted by atomic mass is 10.1. The standard InChI is InChI=1S/C23H26N4O6S/c1-15(2)27-22(29)18-11-7-6-10-17(18)21(25-27)23(30)33-14-20(28)24-13-16-9-5-8-12-19(16)34(31,32)26(3)4/h5-12,15H,13-14H2,1-4H3,(H,24,28). The van der Waals surface area contributed by atoms with Crippen LogP contribution in [-0.2, 0) is 26.1 Å². The van der Waals surface area contributed by atoms with Gasteiger partial charge in [-0.1, -0.05) is 36.4 Å². The van der Waals surface area contributed by atoms with Crippen molar-refractivity contribution >= 4 is 32.7 Å². The number of aromatic nitrogens is 2. The molecule has 11 heteroatoms. The Morgan fingerprint density at radius 2 is 1.68 bits per heavy atom. The molecule has 34 heavy (non-hydrogen) atoms. The molecule has 0 saturated carbocycles. The van der Waals surface area contributed by atoms with E-state index in [1.54, 1.807) is 56.3 Å². The molecule has 0 spiro atoms. The van der Waals surface area contributed by atoms with Crippen LogP contribution in [0.5, 0.6) is 0 Å². The van der Waals surface area contributed by atoms with Gasteiger partial charge >= 0.3 is 5.97 Å². The fourth-order valence-corrected chi connectivity index (χ4v) is 4.37. The van der Waals surface area contributed by atoms with E-state index in [0.717, 1.165) is 4.31 Å². The van der Waals surface area contributed by atoms with Crippen LogP contribution in [0.25, 0.3) is 10.8 Å². The SMILES string of the molecule is CC(C)n1nc(C(=O)OCC(=O)NCc2ccccc2S(=O)(=O)N(C)C)c2ccccc2c1=O. The molecular weight excluding hydrogens is 460 g/mol. The van der Waals surface area contributed by atoms with Crippen molar-refractivity contribution < 1.29 is 22.7 Å². The number of carbonyl (C=O) groups is 2. The van der Waals surface area contributed by atoms with Crippen molar-refractivity contribution in [3.63, 3.8) is 0 Å². The van der Waals surface area contributed by atoms with Crippen LogP contribution in [0.1, 0.15) is 35.9 Å². The molecule has 0 saturated heterocycles. The van der Waals surface area contributed by atoms with Gasteiger partial charge in [-0.15, -0.1) is 0 Å². The summed E-state index contributed by atoms with van der Waals surface area (Å²) in [6, 6.07) is 12.6. The molecule has 1 N–H and O–H groups in total. The molecule has 1 aromatic heterocycles. The quantitative estimate of drug-likeness (QED) is 0.480. The summed E-state index contributed by atoms with van der Waals surface area (Å²) in [5.41, 5.74) is -0.00194. The zero-order chi connectivity index (χ0) is 25.0. The van der Waals surface area contributed by atoms with Crippen LogP contribution in [0.4, 0.5) is 0 Å². The van der Waals surface area contributed by atoms with Gasteiger partial charge in [-0.25, -0.2) is 22.2 Å². The van der Waals surface area contributed by atoms with E-state index in [-0.39, 0.29) is 28.7 Å². The number of fused-ring (bicyclic) bond motifs is 1. The number of carbonyl (C=O) groups excluding carboxylic acids is 2. The van der Waals surface area contributed by atoms with Gasteiger partial charge in [0.25, 0.3) is 11.5 Å². The van der Waals surface area contributed by atoms with Crippen LogP contribution < -0.4 is 10.9 Å². The van der Waals surface area contributed by atoms with Crippen LogP contribution in [0.15, 0.2) is 58.2 Å². The first-order chi connectivity index (χ1) is 16.0. The summed E-state index contributed by atoms with van der Waals surface area (Å²) in [4.78, 5) is 37.7. The minimum atomic E-state index is -3.69. The molecule has 2 aromatic carbocycles. The Labute approximate surface area is 197 Å². The van der Waals surface area contributed by atoms with Crippen LogP contribution in [-0.4, -0.2) is 55.1 Å². The maximum absolute atomic E-state index is 12.7. The van der Waals surface area contributed by atoms with Crippen molar-refractivity contribution in [1.82, 2.24) is 19.4 Å². The number of nitrogens with zero attached hydrogens (tertiary/aromatic N) is 3. The first kappa shape index (κ1) is 25.1. The highest BCUT2D eigenvalue weighted by molar-refractivity contribution is 7.89. The van der Waals surface area contributed by atoms with Crippen molar-refractivity contribution in [2.45, 2.75) is 31.3 Å². The second-order valence-electron chi connectivity index (χ2n) is 7.99. The summed E-state index contributed by atoms with van der Waals surface area (Å²) < 4.78 is 32.4. The summed E-state index contributed by atoms with van der Waals surface area (Å²) >= 11 is 0. The van der Waals surface area contributed by atoms with Gasteiger partial charge in [-0.2, -0.15) is 5.10 Å². The second kappa shape index (κ2) is 10.1. The molecular formula is C23H26N4O6S. The Balaban J connectivity index is 1.73. The summed E-state index contributed by atoms with van der Waals surface area (Å²) in [5.74, 6) is -1.47. The zero-order valence-corrected chi connectivity index (χ0v) is 20.1. The Hall–Kier alpha value is -3.57. The minimum absolute atomic E-state index is 0.0703. The molecule has 0 aliphatic carbocycles. The third-order valence-electron chi connectivity index (χ3n) is 5.05. The molecule has 3 rings (SSSR count).